The number of allylic oxidation sites excluding steroid dienone is 2. The van der Waals surface area contributed by atoms with Crippen LogP contribution >= 0.6 is 23.2 Å². The molecule has 0 nitrogen and oxygen atoms in total. The van der Waals surface area contributed by atoms with Gasteiger partial charge in [-0.05, 0) is 36.1 Å². The fourth-order valence-electron chi connectivity index (χ4n) is 1.66. The Morgan fingerprint density at radius 3 is 1.27 bits per heavy atom. The molecule has 2 heteroatoms. The van der Waals surface area contributed by atoms with Crippen LogP contribution in [-0.4, -0.2) is 0 Å². The molecule has 2 aromatic carbocycles. The van der Waals surface area contributed by atoms with E-state index in [0.717, 1.165) is 22.9 Å². The van der Waals surface area contributed by atoms with Gasteiger partial charge in [0.05, 0.1) is 0 Å². The maximum Gasteiger partial charge on any atom is 0.0184 e. The number of hydrogen-bond donors (Lipinski definition) is 0. The molecule has 0 aromatic heterocycles. The summed E-state index contributed by atoms with van der Waals surface area (Å²) in [5.41, 5.74) is 2.33. The summed E-state index contributed by atoms with van der Waals surface area (Å²) in [5, 5.41) is 1.80. The zero-order chi connectivity index (χ0) is 16.2. The third kappa shape index (κ3) is 8.07. The van der Waals surface area contributed by atoms with Gasteiger partial charge in [-0.3, -0.25) is 0 Å². The molecule has 0 saturated heterocycles. The van der Waals surface area contributed by atoms with Gasteiger partial charge in [-0.25, -0.2) is 0 Å². The van der Waals surface area contributed by atoms with Gasteiger partial charge in [0.2, 0.25) is 0 Å². The van der Waals surface area contributed by atoms with E-state index in [0.29, 0.717) is 0 Å². The van der Waals surface area contributed by atoms with Crippen molar-refractivity contribution in [1.82, 2.24) is 0 Å². The van der Waals surface area contributed by atoms with Crippen molar-refractivity contribution in [2.45, 2.75) is 26.7 Å². The Morgan fingerprint density at radius 2 is 1.00 bits per heavy atom. The minimum atomic E-state index is 0.899. The molecule has 0 atom stereocenters. The van der Waals surface area contributed by atoms with Gasteiger partial charge in [-0.2, -0.15) is 0 Å². The first-order valence-corrected chi connectivity index (χ1v) is 8.23. The van der Waals surface area contributed by atoms with Crippen LogP contribution in [0.25, 0.3) is 12.2 Å². The molecule has 0 aliphatic carbocycles. The van der Waals surface area contributed by atoms with Crippen LogP contribution in [0.5, 0.6) is 0 Å². The molecule has 0 saturated carbocycles. The molecule has 2 rings (SSSR count). The summed E-state index contributed by atoms with van der Waals surface area (Å²) in [4.78, 5) is 0. The summed E-state index contributed by atoms with van der Waals surface area (Å²) in [6.45, 7) is 4.09. The molecule has 0 fully saturated rings. The predicted molar refractivity (Wildman–Crippen MR) is 101 cm³/mol. The zero-order valence-corrected chi connectivity index (χ0v) is 14.6. The van der Waals surface area contributed by atoms with E-state index in [9.17, 15) is 0 Å². The Labute approximate surface area is 144 Å². The Bertz CT molecular complexity index is 528. The average Bonchev–Trinajstić information content (AvgIpc) is 2.57. The van der Waals surface area contributed by atoms with E-state index in [2.05, 4.69) is 0 Å². The van der Waals surface area contributed by atoms with Crippen LogP contribution in [-0.2, 0) is 0 Å². The van der Waals surface area contributed by atoms with E-state index in [4.69, 9.17) is 23.2 Å². The van der Waals surface area contributed by atoms with Gasteiger partial charge >= 0.3 is 0 Å². The number of rotatable bonds is 4. The Hall–Kier alpha value is -1.50. The van der Waals surface area contributed by atoms with Crippen LogP contribution in [0.4, 0.5) is 0 Å². The first kappa shape index (κ1) is 18.5. The predicted octanol–water partition coefficient (Wildman–Crippen LogP) is 7.35. The first-order valence-electron chi connectivity index (χ1n) is 7.48. The third-order valence-corrected chi connectivity index (χ3v) is 3.67. The van der Waals surface area contributed by atoms with Crippen LogP contribution in [0.1, 0.15) is 37.8 Å². The second kappa shape index (κ2) is 11.1. The molecule has 0 amide bonds. The molecule has 0 aliphatic heterocycles. The van der Waals surface area contributed by atoms with Crippen LogP contribution in [0, 0.1) is 0 Å². The van der Waals surface area contributed by atoms with Gasteiger partial charge in [-0.1, -0.05) is 97.7 Å². The Kier molecular flexibility index (Phi) is 9.37. The fourth-order valence-corrected chi connectivity index (χ4v) is 1.92. The van der Waals surface area contributed by atoms with Crippen LogP contribution in [0.3, 0.4) is 0 Å². The van der Waals surface area contributed by atoms with E-state index >= 15 is 0 Å². The molecule has 22 heavy (non-hydrogen) atoms. The van der Waals surface area contributed by atoms with E-state index < -0.39 is 0 Å². The van der Waals surface area contributed by atoms with Crippen molar-refractivity contribution in [3.05, 3.63) is 81.9 Å². The average molecular weight is 333 g/mol. The van der Waals surface area contributed by atoms with Crippen molar-refractivity contribution in [3.63, 3.8) is 0 Å². The van der Waals surface area contributed by atoms with Gasteiger partial charge in [0, 0.05) is 10.1 Å². The van der Waals surface area contributed by atoms with Gasteiger partial charge in [-0.15, -0.1) is 0 Å². The number of hydrogen-bond acceptors (Lipinski definition) is 0. The highest BCUT2D eigenvalue weighted by molar-refractivity contribution is 6.31. The summed E-state index contributed by atoms with van der Waals surface area (Å²) in [5.74, 6) is 0. The third-order valence-electron chi connectivity index (χ3n) is 2.92. The quantitative estimate of drug-likeness (QED) is 0.548. The Balaban J connectivity index is 0.000000220. The largest absolute Gasteiger partial charge is 0.0891 e. The van der Waals surface area contributed by atoms with Crippen LogP contribution < -0.4 is 0 Å². The molecule has 116 valence electrons. The highest BCUT2D eigenvalue weighted by atomic mass is 35.5. The molecular weight excluding hydrogens is 311 g/mol. The highest BCUT2D eigenvalue weighted by Gasteiger charge is 1.88. The lowest BCUT2D eigenvalue weighted by Gasteiger charge is -1.93. The maximum absolute atomic E-state index is 5.86. The van der Waals surface area contributed by atoms with Crippen molar-refractivity contribution in [1.29, 1.82) is 0 Å². The lowest BCUT2D eigenvalue weighted by atomic mass is 10.2. The molecule has 0 radical (unpaired) electrons. The number of benzene rings is 2. The van der Waals surface area contributed by atoms with E-state index in [1.807, 2.05) is 86.7 Å². The summed E-state index contributed by atoms with van der Waals surface area (Å²) in [7, 11) is 0. The molecule has 0 unspecified atom stereocenters. The van der Waals surface area contributed by atoms with Crippen molar-refractivity contribution >= 4 is 35.4 Å². The summed E-state index contributed by atoms with van der Waals surface area (Å²) < 4.78 is 0. The van der Waals surface area contributed by atoms with Gasteiger partial charge < -0.3 is 0 Å². The SMILES string of the molecule is CC/C(Cl)=C/c1ccccc1.CC/C(Cl)=C/c1ccccc1. The van der Waals surface area contributed by atoms with Gasteiger partial charge in [0.15, 0.2) is 0 Å². The smallest absolute Gasteiger partial charge is 0.0184 e. The van der Waals surface area contributed by atoms with Crippen molar-refractivity contribution < 1.29 is 0 Å². The highest BCUT2D eigenvalue weighted by Crippen LogP contribution is 2.13. The second-order valence-corrected chi connectivity index (χ2v) is 5.68. The standard InChI is InChI=1S/2C10H11Cl/c2*1-2-10(11)8-9-6-4-3-5-7-9/h2*3-8H,2H2,1H3/b2*10-8-. The van der Waals surface area contributed by atoms with Crippen LogP contribution in [0.2, 0.25) is 0 Å². The van der Waals surface area contributed by atoms with E-state index in [-0.39, 0.29) is 0 Å². The minimum absolute atomic E-state index is 0.899. The molecular formula is C20H22Cl2. The van der Waals surface area contributed by atoms with Crippen molar-refractivity contribution in [3.8, 4) is 0 Å². The van der Waals surface area contributed by atoms with E-state index in [1.54, 1.807) is 0 Å². The topological polar surface area (TPSA) is 0 Å². The molecule has 0 heterocycles. The Morgan fingerprint density at radius 1 is 0.682 bits per heavy atom. The molecule has 0 aliphatic rings. The molecule has 0 bridgehead atoms. The summed E-state index contributed by atoms with van der Waals surface area (Å²) in [6.07, 6.45) is 5.77. The lowest BCUT2D eigenvalue weighted by Crippen LogP contribution is -1.71. The monoisotopic (exact) mass is 332 g/mol. The van der Waals surface area contributed by atoms with Gasteiger partial charge in [0.25, 0.3) is 0 Å². The fraction of sp³-hybridized carbons (Fsp3) is 0.200. The minimum Gasteiger partial charge on any atom is -0.0891 e. The normalized spacial score (nSPS) is 11.6. The lowest BCUT2D eigenvalue weighted by molar-refractivity contribution is 1.20. The first-order chi connectivity index (χ1) is 10.7. The maximum atomic E-state index is 5.86. The van der Waals surface area contributed by atoms with Gasteiger partial charge in [0.1, 0.15) is 0 Å². The second-order valence-electron chi connectivity index (χ2n) is 4.71. The van der Waals surface area contributed by atoms with Crippen molar-refractivity contribution in [2.24, 2.45) is 0 Å². The van der Waals surface area contributed by atoms with Crippen LogP contribution in [0.15, 0.2) is 70.7 Å². The van der Waals surface area contributed by atoms with Crippen molar-refractivity contribution in [2.75, 3.05) is 0 Å². The molecule has 0 N–H and O–H groups in total. The number of halogens is 2. The summed E-state index contributed by atoms with van der Waals surface area (Å²) in [6, 6.07) is 20.2. The zero-order valence-electron chi connectivity index (χ0n) is 13.1. The molecule has 2 aromatic rings. The summed E-state index contributed by atoms with van der Waals surface area (Å²) >= 11 is 11.7. The van der Waals surface area contributed by atoms with E-state index in [1.165, 1.54) is 11.1 Å². The molecule has 0 spiro atoms.